The zero-order chi connectivity index (χ0) is 14.0. The van der Waals surface area contributed by atoms with Gasteiger partial charge in [0.2, 0.25) is 0 Å². The van der Waals surface area contributed by atoms with Crippen LogP contribution >= 0.6 is 0 Å². The highest BCUT2D eigenvalue weighted by atomic mass is 16.1. The van der Waals surface area contributed by atoms with Gasteiger partial charge in [0.1, 0.15) is 0 Å². The third-order valence-electron chi connectivity index (χ3n) is 3.00. The molecule has 2 rings (SSSR count). The maximum atomic E-state index is 12.1. The van der Waals surface area contributed by atoms with Crippen LogP contribution in [0.2, 0.25) is 0 Å². The number of aryl methyl sites for hydroxylation is 4. The molecule has 0 radical (unpaired) electrons. The topological polar surface area (TPSA) is 52.7 Å². The van der Waals surface area contributed by atoms with Gasteiger partial charge in [-0.2, -0.15) is 10.2 Å². The fraction of sp³-hybridized carbons (Fsp3) is 0.357. The number of allylic oxidation sites excluding steroid dienone is 1. The third kappa shape index (κ3) is 2.81. The van der Waals surface area contributed by atoms with Crippen molar-refractivity contribution in [3.8, 4) is 0 Å². The Morgan fingerprint density at radius 3 is 2.53 bits per heavy atom. The Morgan fingerprint density at radius 1 is 1.26 bits per heavy atom. The first-order chi connectivity index (χ1) is 9.01. The molecule has 0 saturated carbocycles. The summed E-state index contributed by atoms with van der Waals surface area (Å²) in [7, 11) is 1.81. The van der Waals surface area contributed by atoms with Crippen LogP contribution in [0, 0.1) is 13.8 Å². The zero-order valence-corrected chi connectivity index (χ0v) is 11.7. The number of ketones is 1. The molecule has 0 amide bonds. The van der Waals surface area contributed by atoms with Gasteiger partial charge in [-0.3, -0.25) is 14.2 Å². The van der Waals surface area contributed by atoms with Gasteiger partial charge in [-0.1, -0.05) is 0 Å². The predicted molar refractivity (Wildman–Crippen MR) is 73.9 cm³/mol. The molecular formula is C14H18N4O. The van der Waals surface area contributed by atoms with Crippen molar-refractivity contribution in [1.29, 1.82) is 0 Å². The molecule has 0 saturated heterocycles. The summed E-state index contributed by atoms with van der Waals surface area (Å²) < 4.78 is 3.51. The lowest BCUT2D eigenvalue weighted by atomic mass is 10.1. The third-order valence-corrected chi connectivity index (χ3v) is 3.00. The minimum atomic E-state index is -0.0331. The first-order valence-electron chi connectivity index (χ1n) is 6.28. The van der Waals surface area contributed by atoms with Crippen LogP contribution in [0.1, 0.15) is 34.2 Å². The molecule has 2 heterocycles. The molecule has 0 spiro atoms. The second-order valence-electron chi connectivity index (χ2n) is 4.52. The van der Waals surface area contributed by atoms with E-state index in [2.05, 4.69) is 10.2 Å². The van der Waals surface area contributed by atoms with Gasteiger partial charge >= 0.3 is 0 Å². The average Bonchev–Trinajstić information content (AvgIpc) is 2.89. The molecular weight excluding hydrogens is 240 g/mol. The van der Waals surface area contributed by atoms with Crippen LogP contribution in [0.5, 0.6) is 0 Å². The number of hydrogen-bond acceptors (Lipinski definition) is 3. The number of rotatable bonds is 4. The summed E-state index contributed by atoms with van der Waals surface area (Å²) in [6, 6.07) is 0. The van der Waals surface area contributed by atoms with E-state index < -0.39 is 0 Å². The van der Waals surface area contributed by atoms with Crippen molar-refractivity contribution >= 4 is 11.9 Å². The number of nitrogens with zero attached hydrogens (tertiary/aromatic N) is 4. The SMILES string of the molecule is CCn1cc(/C=C/C(=O)c2cn(C)nc2C)c(C)n1. The molecule has 0 aromatic carbocycles. The van der Waals surface area contributed by atoms with Gasteiger partial charge in [0.15, 0.2) is 5.78 Å². The number of hydrogen-bond donors (Lipinski definition) is 0. The standard InChI is InChI=1S/C14H18N4O/c1-5-18-8-12(10(2)16-18)6-7-14(19)13-9-17(4)15-11(13)3/h6-9H,5H2,1-4H3/b7-6+. The van der Waals surface area contributed by atoms with E-state index in [1.54, 1.807) is 17.0 Å². The molecule has 0 aliphatic carbocycles. The normalized spacial score (nSPS) is 11.4. The van der Waals surface area contributed by atoms with Crippen LogP contribution in [0.3, 0.4) is 0 Å². The Morgan fingerprint density at radius 2 is 2.00 bits per heavy atom. The van der Waals surface area contributed by atoms with E-state index in [1.165, 1.54) is 0 Å². The molecule has 0 aliphatic heterocycles. The molecule has 2 aromatic heterocycles. The molecule has 0 N–H and O–H groups in total. The first-order valence-corrected chi connectivity index (χ1v) is 6.28. The first kappa shape index (κ1) is 13.3. The smallest absolute Gasteiger partial charge is 0.189 e. The lowest BCUT2D eigenvalue weighted by Crippen LogP contribution is -1.94. The number of carbonyl (C=O) groups excluding carboxylic acids is 1. The summed E-state index contributed by atoms with van der Waals surface area (Å²) in [5, 5.41) is 8.51. The number of aromatic nitrogens is 4. The summed E-state index contributed by atoms with van der Waals surface area (Å²) in [5.74, 6) is -0.0331. The van der Waals surface area contributed by atoms with Crippen LogP contribution in [-0.2, 0) is 13.6 Å². The van der Waals surface area contributed by atoms with Gasteiger partial charge in [0, 0.05) is 31.5 Å². The average molecular weight is 258 g/mol. The van der Waals surface area contributed by atoms with Crippen LogP contribution < -0.4 is 0 Å². The molecule has 2 aromatic rings. The second-order valence-corrected chi connectivity index (χ2v) is 4.52. The minimum Gasteiger partial charge on any atom is -0.289 e. The van der Waals surface area contributed by atoms with Crippen molar-refractivity contribution in [3.05, 3.63) is 41.0 Å². The fourth-order valence-corrected chi connectivity index (χ4v) is 1.96. The highest BCUT2D eigenvalue weighted by Gasteiger charge is 2.09. The molecule has 0 fully saturated rings. The molecule has 5 nitrogen and oxygen atoms in total. The Bertz CT molecular complexity index is 634. The lowest BCUT2D eigenvalue weighted by molar-refractivity contribution is 0.104. The largest absolute Gasteiger partial charge is 0.289 e. The van der Waals surface area contributed by atoms with Gasteiger partial charge in [-0.05, 0) is 32.9 Å². The van der Waals surface area contributed by atoms with Gasteiger partial charge in [0.25, 0.3) is 0 Å². The summed E-state index contributed by atoms with van der Waals surface area (Å²) >= 11 is 0. The summed E-state index contributed by atoms with van der Waals surface area (Å²) in [5.41, 5.74) is 3.28. The van der Waals surface area contributed by atoms with Crippen LogP contribution in [0.4, 0.5) is 0 Å². The Balaban J connectivity index is 2.20. The van der Waals surface area contributed by atoms with Gasteiger partial charge in [-0.15, -0.1) is 0 Å². The van der Waals surface area contributed by atoms with Crippen molar-refractivity contribution in [1.82, 2.24) is 19.6 Å². The van der Waals surface area contributed by atoms with Crippen molar-refractivity contribution in [3.63, 3.8) is 0 Å². The van der Waals surface area contributed by atoms with Crippen molar-refractivity contribution in [2.75, 3.05) is 0 Å². The molecule has 0 bridgehead atoms. The molecule has 0 unspecified atom stereocenters. The van der Waals surface area contributed by atoms with Crippen molar-refractivity contribution in [2.24, 2.45) is 7.05 Å². The molecule has 19 heavy (non-hydrogen) atoms. The van der Waals surface area contributed by atoms with Crippen molar-refractivity contribution < 1.29 is 4.79 Å². The van der Waals surface area contributed by atoms with E-state index in [-0.39, 0.29) is 5.78 Å². The Labute approximate surface area is 112 Å². The quantitative estimate of drug-likeness (QED) is 0.623. The highest BCUT2D eigenvalue weighted by Crippen LogP contribution is 2.11. The maximum absolute atomic E-state index is 12.1. The zero-order valence-electron chi connectivity index (χ0n) is 11.7. The van der Waals surface area contributed by atoms with E-state index in [4.69, 9.17) is 0 Å². The van der Waals surface area contributed by atoms with Crippen LogP contribution in [-0.4, -0.2) is 25.3 Å². The van der Waals surface area contributed by atoms with E-state index in [0.717, 1.165) is 23.5 Å². The molecule has 5 heteroatoms. The van der Waals surface area contributed by atoms with Crippen LogP contribution in [0.15, 0.2) is 18.5 Å². The summed E-state index contributed by atoms with van der Waals surface area (Å²) in [6.07, 6.45) is 7.07. The Hall–Kier alpha value is -2.17. The monoisotopic (exact) mass is 258 g/mol. The van der Waals surface area contributed by atoms with E-state index in [9.17, 15) is 4.79 Å². The molecule has 0 atom stereocenters. The Kier molecular flexibility index (Phi) is 3.64. The second kappa shape index (κ2) is 5.22. The molecule has 100 valence electrons. The fourth-order valence-electron chi connectivity index (χ4n) is 1.96. The predicted octanol–water partition coefficient (Wildman–Crippen LogP) is 2.15. The highest BCUT2D eigenvalue weighted by molar-refractivity contribution is 6.07. The number of carbonyl (C=O) groups is 1. The minimum absolute atomic E-state index is 0.0331. The molecule has 0 aliphatic rings. The van der Waals surface area contributed by atoms with E-state index in [1.807, 2.05) is 44.8 Å². The summed E-state index contributed by atoms with van der Waals surface area (Å²) in [4.78, 5) is 12.1. The van der Waals surface area contributed by atoms with Crippen LogP contribution in [0.25, 0.3) is 6.08 Å². The lowest BCUT2D eigenvalue weighted by Gasteiger charge is -1.91. The van der Waals surface area contributed by atoms with E-state index in [0.29, 0.717) is 5.56 Å². The van der Waals surface area contributed by atoms with Gasteiger partial charge in [-0.25, -0.2) is 0 Å². The van der Waals surface area contributed by atoms with Gasteiger partial charge < -0.3 is 0 Å². The van der Waals surface area contributed by atoms with Crippen molar-refractivity contribution in [2.45, 2.75) is 27.3 Å². The van der Waals surface area contributed by atoms with E-state index >= 15 is 0 Å². The summed E-state index contributed by atoms with van der Waals surface area (Å²) in [6.45, 7) is 6.63. The maximum Gasteiger partial charge on any atom is 0.189 e. The van der Waals surface area contributed by atoms with Gasteiger partial charge in [0.05, 0.1) is 17.0 Å².